The van der Waals surface area contributed by atoms with Gasteiger partial charge in [0, 0.05) is 29.0 Å². The van der Waals surface area contributed by atoms with Gasteiger partial charge in [0.25, 0.3) is 0 Å². The topological polar surface area (TPSA) is 55.6 Å². The third kappa shape index (κ3) is 2.10. The summed E-state index contributed by atoms with van der Waals surface area (Å²) >= 11 is 14.2. The lowest BCUT2D eigenvalue weighted by atomic mass is 9.68. The zero-order valence-electron chi connectivity index (χ0n) is 17.8. The molecule has 4 atom stereocenters. The molecule has 0 N–H and O–H groups in total. The normalized spacial score (nSPS) is 29.1. The van der Waals surface area contributed by atoms with Crippen molar-refractivity contribution in [2.24, 2.45) is 11.8 Å². The number of rotatable bonds is 2. The molecule has 0 saturated heterocycles. The summed E-state index contributed by atoms with van der Waals surface area (Å²) in [7, 11) is 0. The number of hydrogen-bond acceptors (Lipinski definition) is 3. The predicted octanol–water partition coefficient (Wildman–Crippen LogP) is 5.86. The van der Waals surface area contributed by atoms with Gasteiger partial charge in [-0.1, -0.05) is 66.7 Å². The summed E-state index contributed by atoms with van der Waals surface area (Å²) in [6.45, 7) is 0. The highest BCUT2D eigenvalue weighted by atomic mass is 35.5. The largest absolute Gasteiger partial charge is 0.312 e. The summed E-state index contributed by atoms with van der Waals surface area (Å²) in [5.41, 5.74) is 1.40. The van der Waals surface area contributed by atoms with Crippen molar-refractivity contribution in [3.05, 3.63) is 101 Å². The number of aromatic nitrogens is 1. The van der Waals surface area contributed by atoms with Crippen molar-refractivity contribution in [1.82, 2.24) is 4.40 Å². The smallest absolute Gasteiger partial charge is 0.210 e. The van der Waals surface area contributed by atoms with Crippen molar-refractivity contribution in [3.63, 3.8) is 0 Å². The van der Waals surface area contributed by atoms with Gasteiger partial charge in [0.05, 0.1) is 16.6 Å². The van der Waals surface area contributed by atoms with E-state index in [4.69, 9.17) is 23.2 Å². The van der Waals surface area contributed by atoms with E-state index in [2.05, 4.69) is 0 Å². The van der Waals surface area contributed by atoms with Gasteiger partial charge in [-0.25, -0.2) is 0 Å². The third-order valence-electron chi connectivity index (χ3n) is 7.83. The lowest BCUT2D eigenvalue weighted by Crippen LogP contribution is -2.62. The second kappa shape index (κ2) is 6.47. The van der Waals surface area contributed by atoms with Gasteiger partial charge < -0.3 is 4.40 Å². The van der Waals surface area contributed by atoms with Gasteiger partial charge in [-0.15, -0.1) is 23.2 Å². The maximum atomic E-state index is 14.3. The quantitative estimate of drug-likeness (QED) is 0.203. The lowest BCUT2D eigenvalue weighted by Gasteiger charge is -2.44. The standard InChI is InChI=1S/C28H17Cl2NO3/c29-27-17-10-11-18(14-17)28(27,30)26(34)21-20(25(27)33)22-19-9-5-4-6-15(19)12-13-31(22)23(21)24(32)16-7-2-1-3-8-16/h1-13,17-18H,14H2. The minimum atomic E-state index is -1.62. The third-order valence-corrected chi connectivity index (χ3v) is 9.42. The summed E-state index contributed by atoms with van der Waals surface area (Å²) in [4.78, 5) is 39.2. The Morgan fingerprint density at radius 3 is 2.15 bits per heavy atom. The molecule has 4 nitrogen and oxygen atoms in total. The van der Waals surface area contributed by atoms with Gasteiger partial charge in [0.1, 0.15) is 15.4 Å². The summed E-state index contributed by atoms with van der Waals surface area (Å²) in [5, 5.41) is 1.67. The van der Waals surface area contributed by atoms with Crippen LogP contribution in [0.2, 0.25) is 0 Å². The highest BCUT2D eigenvalue weighted by molar-refractivity contribution is 6.57. The van der Waals surface area contributed by atoms with Crippen LogP contribution in [0.1, 0.15) is 43.2 Å². The Labute approximate surface area is 204 Å². The van der Waals surface area contributed by atoms with E-state index in [1.165, 1.54) is 0 Å². The molecule has 3 aliphatic carbocycles. The molecule has 4 aromatic rings. The van der Waals surface area contributed by atoms with Crippen LogP contribution in [0.4, 0.5) is 0 Å². The Morgan fingerprint density at radius 2 is 1.44 bits per heavy atom. The number of fused-ring (bicyclic) bond motifs is 10. The number of alkyl halides is 2. The molecule has 1 saturated carbocycles. The Bertz CT molecular complexity index is 1640. The number of nitrogens with zero attached hydrogens (tertiary/aromatic N) is 1. The average Bonchev–Trinajstić information content (AvgIpc) is 3.55. The maximum absolute atomic E-state index is 14.3. The minimum absolute atomic E-state index is 0.0856. The van der Waals surface area contributed by atoms with E-state index >= 15 is 0 Å². The van der Waals surface area contributed by atoms with E-state index < -0.39 is 15.5 Å². The SMILES string of the molecule is O=C(c1ccccc1)c1c2c(c3c4ccccc4ccn13)C(=O)C1(Cl)C3C=CC(C3)C1(Cl)C2=O. The van der Waals surface area contributed by atoms with Crippen molar-refractivity contribution >= 4 is 56.8 Å². The number of allylic oxidation sites excluding steroid dienone is 2. The Hall–Kier alpha value is -3.21. The second-order valence-electron chi connectivity index (χ2n) is 9.33. The minimum Gasteiger partial charge on any atom is -0.312 e. The summed E-state index contributed by atoms with van der Waals surface area (Å²) < 4.78 is 1.68. The molecule has 4 unspecified atom stereocenters. The average molecular weight is 486 g/mol. The van der Waals surface area contributed by atoms with Gasteiger partial charge in [0.2, 0.25) is 5.78 Å². The molecule has 1 fully saturated rings. The van der Waals surface area contributed by atoms with Crippen molar-refractivity contribution < 1.29 is 14.4 Å². The first-order chi connectivity index (χ1) is 16.4. The molecule has 0 spiro atoms. The van der Waals surface area contributed by atoms with Gasteiger partial charge in [-0.3, -0.25) is 14.4 Å². The van der Waals surface area contributed by atoms with E-state index in [1.807, 2.05) is 48.6 Å². The highest BCUT2D eigenvalue weighted by Crippen LogP contribution is 2.64. The van der Waals surface area contributed by atoms with Crippen LogP contribution in [0.15, 0.2) is 79.0 Å². The van der Waals surface area contributed by atoms with Gasteiger partial charge in [0.15, 0.2) is 11.6 Å². The number of ketones is 3. The molecule has 6 heteroatoms. The molecule has 2 aromatic heterocycles. The van der Waals surface area contributed by atoms with Crippen LogP contribution in [-0.4, -0.2) is 31.5 Å². The van der Waals surface area contributed by atoms with Crippen LogP contribution in [0, 0.1) is 11.8 Å². The van der Waals surface area contributed by atoms with E-state index in [0.29, 0.717) is 17.5 Å². The summed E-state index contributed by atoms with van der Waals surface area (Å²) in [5.74, 6) is -1.85. The van der Waals surface area contributed by atoms with Crippen molar-refractivity contribution in [2.75, 3.05) is 0 Å². The van der Waals surface area contributed by atoms with E-state index in [9.17, 15) is 14.4 Å². The van der Waals surface area contributed by atoms with E-state index in [1.54, 1.807) is 34.9 Å². The second-order valence-corrected chi connectivity index (χ2v) is 10.5. The summed E-state index contributed by atoms with van der Waals surface area (Å²) in [6, 6.07) is 18.2. The van der Waals surface area contributed by atoms with Crippen LogP contribution in [0.5, 0.6) is 0 Å². The number of carbonyl (C=O) groups excluding carboxylic acids is 3. The molecule has 7 rings (SSSR count). The lowest BCUT2D eigenvalue weighted by molar-refractivity contribution is 0.0777. The molecule has 2 aromatic carbocycles. The van der Waals surface area contributed by atoms with E-state index in [0.717, 1.165) is 10.8 Å². The first-order valence-electron chi connectivity index (χ1n) is 11.2. The molecule has 166 valence electrons. The monoisotopic (exact) mass is 485 g/mol. The van der Waals surface area contributed by atoms with Crippen LogP contribution in [0.25, 0.3) is 16.3 Å². The van der Waals surface area contributed by atoms with Crippen LogP contribution < -0.4 is 0 Å². The molecule has 2 bridgehead atoms. The fourth-order valence-electron chi connectivity index (χ4n) is 6.27. The van der Waals surface area contributed by atoms with Gasteiger partial charge in [-0.2, -0.15) is 0 Å². The Balaban J connectivity index is 1.65. The molecule has 2 heterocycles. The fourth-order valence-corrected chi connectivity index (χ4v) is 7.23. The van der Waals surface area contributed by atoms with E-state index in [-0.39, 0.29) is 40.2 Å². The molecule has 3 aliphatic rings. The number of benzene rings is 2. The summed E-state index contributed by atoms with van der Waals surface area (Å²) in [6.07, 6.45) is 6.08. The molecule has 0 radical (unpaired) electrons. The number of Topliss-reactive ketones (excluding diaryl/α,β-unsaturated/α-hetero) is 2. The number of halogens is 2. The molecular weight excluding hydrogens is 469 g/mol. The van der Waals surface area contributed by atoms with Crippen LogP contribution in [0.3, 0.4) is 0 Å². The Kier molecular flexibility index (Phi) is 3.84. The van der Waals surface area contributed by atoms with Crippen molar-refractivity contribution in [3.8, 4) is 0 Å². The molecule has 34 heavy (non-hydrogen) atoms. The number of carbonyl (C=O) groups is 3. The van der Waals surface area contributed by atoms with Crippen molar-refractivity contribution in [2.45, 2.75) is 16.2 Å². The highest BCUT2D eigenvalue weighted by Gasteiger charge is 2.74. The van der Waals surface area contributed by atoms with Gasteiger partial charge >= 0.3 is 0 Å². The van der Waals surface area contributed by atoms with Crippen LogP contribution >= 0.6 is 23.2 Å². The molecular formula is C28H17Cl2NO3. The predicted molar refractivity (Wildman–Crippen MR) is 131 cm³/mol. The fraction of sp³-hybridized carbons (Fsp3) is 0.179. The first-order valence-corrected chi connectivity index (χ1v) is 12.0. The zero-order valence-corrected chi connectivity index (χ0v) is 19.3. The van der Waals surface area contributed by atoms with Crippen molar-refractivity contribution in [1.29, 1.82) is 0 Å². The zero-order chi connectivity index (χ0) is 23.4. The molecule has 0 aliphatic heterocycles. The van der Waals surface area contributed by atoms with Crippen LogP contribution in [-0.2, 0) is 0 Å². The number of hydrogen-bond donors (Lipinski definition) is 0. The van der Waals surface area contributed by atoms with Gasteiger partial charge in [-0.05, 0) is 17.9 Å². The maximum Gasteiger partial charge on any atom is 0.210 e. The number of pyridine rings is 1. The first kappa shape index (κ1) is 20.2. The molecule has 0 amide bonds. The Morgan fingerprint density at radius 1 is 0.824 bits per heavy atom.